The van der Waals surface area contributed by atoms with Crippen LogP contribution >= 0.6 is 11.3 Å². The molecule has 0 radical (unpaired) electrons. The maximum Gasteiger partial charge on any atom is 0.124 e. The van der Waals surface area contributed by atoms with Crippen molar-refractivity contribution < 1.29 is 0 Å². The summed E-state index contributed by atoms with van der Waals surface area (Å²) in [5, 5.41) is 1.09. The molecule has 0 amide bonds. The van der Waals surface area contributed by atoms with Crippen molar-refractivity contribution in [2.45, 2.75) is 39.2 Å². The normalized spacial score (nSPS) is 15.1. The molecule has 0 aliphatic heterocycles. The van der Waals surface area contributed by atoms with Crippen molar-refractivity contribution in [3.8, 4) is 10.6 Å². The molecule has 1 fully saturated rings. The number of rotatable bonds is 3. The molecule has 3 rings (SSSR count). The lowest BCUT2D eigenvalue weighted by atomic mass is 10.2. The number of pyridine rings is 1. The van der Waals surface area contributed by atoms with E-state index in [1.807, 2.05) is 13.8 Å². The molecule has 2 aromatic rings. The van der Waals surface area contributed by atoms with Gasteiger partial charge >= 0.3 is 0 Å². The minimum Gasteiger partial charge on any atom is -0.326 e. The highest BCUT2D eigenvalue weighted by Gasteiger charge is 2.29. The average molecular weight is 259 g/mol. The molecule has 1 aliphatic rings. The van der Waals surface area contributed by atoms with E-state index >= 15 is 0 Å². The van der Waals surface area contributed by atoms with Crippen molar-refractivity contribution in [3.05, 3.63) is 34.1 Å². The Labute approximate surface area is 111 Å². The minimum atomic E-state index is 0.604. The standard InChI is InChI=1S/C14H17N3S/c1-8-5-11(6-9(2)16-8)14-17-13(10-3-4-10)12(7-15)18-14/h5-6,10H,3-4,7,15H2,1-2H3. The lowest BCUT2D eigenvalue weighted by Crippen LogP contribution is -1.96. The Morgan fingerprint density at radius 2 is 1.89 bits per heavy atom. The summed E-state index contributed by atoms with van der Waals surface area (Å²) in [4.78, 5) is 10.5. The first-order chi connectivity index (χ1) is 8.67. The number of aromatic nitrogens is 2. The summed E-state index contributed by atoms with van der Waals surface area (Å²) >= 11 is 1.73. The highest BCUT2D eigenvalue weighted by molar-refractivity contribution is 7.15. The van der Waals surface area contributed by atoms with Crippen LogP contribution < -0.4 is 5.73 Å². The van der Waals surface area contributed by atoms with E-state index in [9.17, 15) is 0 Å². The van der Waals surface area contributed by atoms with Gasteiger partial charge in [-0.2, -0.15) is 0 Å². The van der Waals surface area contributed by atoms with Gasteiger partial charge in [0.1, 0.15) is 5.01 Å². The molecule has 94 valence electrons. The van der Waals surface area contributed by atoms with Gasteiger partial charge in [-0.3, -0.25) is 4.98 Å². The van der Waals surface area contributed by atoms with E-state index in [-0.39, 0.29) is 0 Å². The lowest BCUT2D eigenvalue weighted by molar-refractivity contribution is 0.979. The van der Waals surface area contributed by atoms with E-state index in [1.54, 1.807) is 11.3 Å². The first-order valence-electron chi connectivity index (χ1n) is 6.32. The van der Waals surface area contributed by atoms with E-state index in [0.29, 0.717) is 12.5 Å². The molecule has 4 heteroatoms. The molecule has 1 saturated carbocycles. The molecular formula is C14H17N3S. The second kappa shape index (κ2) is 4.44. The average Bonchev–Trinajstić information content (AvgIpc) is 3.07. The predicted octanol–water partition coefficient (Wildman–Crippen LogP) is 3.16. The molecule has 2 heterocycles. The highest BCUT2D eigenvalue weighted by Crippen LogP contribution is 2.44. The molecule has 18 heavy (non-hydrogen) atoms. The van der Waals surface area contributed by atoms with Crippen LogP contribution in [0.1, 0.15) is 40.7 Å². The molecule has 1 aliphatic carbocycles. The number of aryl methyl sites for hydroxylation is 2. The molecule has 0 aromatic carbocycles. The van der Waals surface area contributed by atoms with Gasteiger partial charge in [-0.1, -0.05) is 0 Å². The number of nitrogens with zero attached hydrogens (tertiary/aromatic N) is 2. The van der Waals surface area contributed by atoms with Crippen LogP contribution in [0.15, 0.2) is 12.1 Å². The summed E-state index contributed by atoms with van der Waals surface area (Å²) < 4.78 is 0. The molecule has 2 N–H and O–H groups in total. The Bertz CT molecular complexity index is 564. The molecular weight excluding hydrogens is 242 g/mol. The van der Waals surface area contributed by atoms with Crippen LogP contribution in [0, 0.1) is 13.8 Å². The topological polar surface area (TPSA) is 51.8 Å². The Balaban J connectivity index is 2.05. The lowest BCUT2D eigenvalue weighted by Gasteiger charge is -2.00. The third-order valence-electron chi connectivity index (χ3n) is 3.21. The Hall–Kier alpha value is -1.26. The first kappa shape index (κ1) is 11.8. The smallest absolute Gasteiger partial charge is 0.124 e. The predicted molar refractivity (Wildman–Crippen MR) is 74.7 cm³/mol. The van der Waals surface area contributed by atoms with Gasteiger partial charge < -0.3 is 5.73 Å². The van der Waals surface area contributed by atoms with Crippen LogP contribution in [0.3, 0.4) is 0 Å². The Morgan fingerprint density at radius 1 is 1.22 bits per heavy atom. The zero-order valence-corrected chi connectivity index (χ0v) is 11.5. The van der Waals surface area contributed by atoms with Crippen LogP contribution in [0.25, 0.3) is 10.6 Å². The second-order valence-corrected chi connectivity index (χ2v) is 6.03. The van der Waals surface area contributed by atoms with Gasteiger partial charge in [-0.05, 0) is 38.8 Å². The van der Waals surface area contributed by atoms with Gasteiger partial charge in [0.05, 0.1) is 5.69 Å². The molecule has 3 nitrogen and oxygen atoms in total. The van der Waals surface area contributed by atoms with E-state index in [2.05, 4.69) is 17.1 Å². The van der Waals surface area contributed by atoms with Gasteiger partial charge in [0.2, 0.25) is 0 Å². The van der Waals surface area contributed by atoms with E-state index < -0.39 is 0 Å². The van der Waals surface area contributed by atoms with Crippen molar-refractivity contribution in [1.29, 1.82) is 0 Å². The van der Waals surface area contributed by atoms with Crippen molar-refractivity contribution in [1.82, 2.24) is 9.97 Å². The van der Waals surface area contributed by atoms with Crippen LogP contribution in [0.2, 0.25) is 0 Å². The number of nitrogens with two attached hydrogens (primary N) is 1. The quantitative estimate of drug-likeness (QED) is 0.921. The Morgan fingerprint density at radius 3 is 2.44 bits per heavy atom. The van der Waals surface area contributed by atoms with E-state index in [1.165, 1.54) is 29.0 Å². The van der Waals surface area contributed by atoms with Crippen molar-refractivity contribution in [2.75, 3.05) is 0 Å². The molecule has 0 atom stereocenters. The number of thiazole rings is 1. The third kappa shape index (κ3) is 2.18. The zero-order valence-electron chi connectivity index (χ0n) is 10.7. The van der Waals surface area contributed by atoms with Crippen molar-refractivity contribution in [3.63, 3.8) is 0 Å². The summed E-state index contributed by atoms with van der Waals surface area (Å²) in [6.45, 7) is 4.65. The van der Waals surface area contributed by atoms with Crippen LogP contribution in [0.4, 0.5) is 0 Å². The van der Waals surface area contributed by atoms with Gasteiger partial charge in [0.25, 0.3) is 0 Å². The van der Waals surface area contributed by atoms with Crippen molar-refractivity contribution >= 4 is 11.3 Å². The third-order valence-corrected chi connectivity index (χ3v) is 4.35. The van der Waals surface area contributed by atoms with Gasteiger partial charge in [-0.15, -0.1) is 11.3 Å². The summed E-state index contributed by atoms with van der Waals surface area (Å²) in [5.74, 6) is 0.664. The van der Waals surface area contributed by atoms with E-state index in [0.717, 1.165) is 16.4 Å². The summed E-state index contributed by atoms with van der Waals surface area (Å²) in [5.41, 5.74) is 10.3. The molecule has 0 spiro atoms. The van der Waals surface area contributed by atoms with Crippen LogP contribution in [0.5, 0.6) is 0 Å². The monoisotopic (exact) mass is 259 g/mol. The van der Waals surface area contributed by atoms with Crippen molar-refractivity contribution in [2.24, 2.45) is 5.73 Å². The fourth-order valence-electron chi connectivity index (χ4n) is 2.27. The SMILES string of the molecule is Cc1cc(-c2nc(C3CC3)c(CN)s2)cc(C)n1. The summed E-state index contributed by atoms with van der Waals surface area (Å²) in [6.07, 6.45) is 2.54. The molecule has 0 bridgehead atoms. The highest BCUT2D eigenvalue weighted by atomic mass is 32.1. The molecule has 0 saturated heterocycles. The van der Waals surface area contributed by atoms with Gasteiger partial charge in [-0.25, -0.2) is 4.98 Å². The zero-order chi connectivity index (χ0) is 12.7. The molecule has 0 unspecified atom stereocenters. The fourth-order valence-corrected chi connectivity index (χ4v) is 3.28. The largest absolute Gasteiger partial charge is 0.326 e. The van der Waals surface area contributed by atoms with Crippen LogP contribution in [-0.2, 0) is 6.54 Å². The van der Waals surface area contributed by atoms with Crippen LogP contribution in [-0.4, -0.2) is 9.97 Å². The fraction of sp³-hybridized carbons (Fsp3) is 0.429. The summed E-state index contributed by atoms with van der Waals surface area (Å²) in [6, 6.07) is 4.20. The number of hydrogen-bond donors (Lipinski definition) is 1. The van der Waals surface area contributed by atoms with Gasteiger partial charge in [0, 0.05) is 34.3 Å². The first-order valence-corrected chi connectivity index (χ1v) is 7.14. The maximum absolute atomic E-state index is 5.83. The van der Waals surface area contributed by atoms with Gasteiger partial charge in [0.15, 0.2) is 0 Å². The molecule has 2 aromatic heterocycles. The maximum atomic E-state index is 5.83. The summed E-state index contributed by atoms with van der Waals surface area (Å²) in [7, 11) is 0. The van der Waals surface area contributed by atoms with E-state index in [4.69, 9.17) is 10.7 Å². The second-order valence-electron chi connectivity index (χ2n) is 4.94. The Kier molecular flexibility index (Phi) is 2.92. The minimum absolute atomic E-state index is 0.604. The number of hydrogen-bond acceptors (Lipinski definition) is 4.